The third kappa shape index (κ3) is 5.05. The fraction of sp³-hybridized carbons (Fsp3) is 0.211. The lowest BCUT2D eigenvalue weighted by molar-refractivity contribution is 0.475. The minimum absolute atomic E-state index is 0.250. The van der Waals surface area contributed by atoms with Gasteiger partial charge in [0.2, 0.25) is 0 Å². The van der Waals surface area contributed by atoms with Gasteiger partial charge in [0.05, 0.1) is 6.07 Å². The summed E-state index contributed by atoms with van der Waals surface area (Å²) in [5.41, 5.74) is 3.12. The minimum atomic E-state index is 0.250. The van der Waals surface area contributed by atoms with Crippen molar-refractivity contribution >= 4 is 0 Å². The molecule has 2 rings (SSSR count). The number of nitriles is 1. The third-order valence-corrected chi connectivity index (χ3v) is 3.15. The van der Waals surface area contributed by atoms with Gasteiger partial charge < -0.3 is 5.11 Å². The summed E-state index contributed by atoms with van der Waals surface area (Å²) in [7, 11) is 0. The van der Waals surface area contributed by atoms with Crippen molar-refractivity contribution in [3.8, 4) is 23.7 Å². The molecule has 0 saturated heterocycles. The standard InChI is InChI=1S/C19H17NO/c20-14-3-1-2-5-17-6-4-7-18(15-17)9-8-16-10-12-19(21)13-11-16/h4,6-7,10-13,15,21H,1-3,5H2. The number of phenols is 1. The molecule has 2 nitrogen and oxygen atoms in total. The molecule has 0 unspecified atom stereocenters. The molecule has 104 valence electrons. The number of hydrogen-bond donors (Lipinski definition) is 1. The molecule has 0 bridgehead atoms. The van der Waals surface area contributed by atoms with Gasteiger partial charge in [-0.05, 0) is 61.2 Å². The van der Waals surface area contributed by atoms with Crippen LogP contribution < -0.4 is 0 Å². The molecule has 0 aliphatic rings. The summed E-state index contributed by atoms with van der Waals surface area (Å²) in [6.45, 7) is 0. The molecule has 1 N–H and O–H groups in total. The Bertz CT molecular complexity index is 684. The average molecular weight is 275 g/mol. The van der Waals surface area contributed by atoms with Gasteiger partial charge in [-0.15, -0.1) is 0 Å². The van der Waals surface area contributed by atoms with Gasteiger partial charge in [-0.3, -0.25) is 0 Å². The molecule has 0 aliphatic carbocycles. The van der Waals surface area contributed by atoms with Crippen molar-refractivity contribution in [1.29, 1.82) is 5.26 Å². The monoisotopic (exact) mass is 275 g/mol. The van der Waals surface area contributed by atoms with E-state index in [4.69, 9.17) is 5.26 Å². The van der Waals surface area contributed by atoms with Crippen LogP contribution in [-0.4, -0.2) is 5.11 Å². The molecule has 0 aliphatic heterocycles. The Hall–Kier alpha value is -2.71. The molecule has 0 atom stereocenters. The lowest BCUT2D eigenvalue weighted by atomic mass is 10.0. The fourth-order valence-corrected chi connectivity index (χ4v) is 2.03. The van der Waals surface area contributed by atoms with Crippen molar-refractivity contribution in [3.05, 3.63) is 65.2 Å². The van der Waals surface area contributed by atoms with Crippen LogP contribution in [0.15, 0.2) is 48.5 Å². The van der Waals surface area contributed by atoms with Crippen LogP contribution in [0.4, 0.5) is 0 Å². The van der Waals surface area contributed by atoms with E-state index < -0.39 is 0 Å². The van der Waals surface area contributed by atoms with E-state index in [1.54, 1.807) is 24.3 Å². The normalized spacial score (nSPS) is 9.48. The Kier molecular flexibility index (Phi) is 5.44. The van der Waals surface area contributed by atoms with Crippen LogP contribution in [0.2, 0.25) is 0 Å². The average Bonchev–Trinajstić information content (AvgIpc) is 2.52. The third-order valence-electron chi connectivity index (χ3n) is 3.15. The number of unbranched alkanes of at least 4 members (excludes halogenated alkanes) is 2. The second-order valence-electron chi connectivity index (χ2n) is 4.86. The highest BCUT2D eigenvalue weighted by atomic mass is 16.3. The summed E-state index contributed by atoms with van der Waals surface area (Å²) < 4.78 is 0. The first-order chi connectivity index (χ1) is 10.3. The summed E-state index contributed by atoms with van der Waals surface area (Å²) in [6.07, 6.45) is 3.58. The van der Waals surface area contributed by atoms with Crippen LogP contribution in [0.1, 0.15) is 36.0 Å². The number of benzene rings is 2. The van der Waals surface area contributed by atoms with Crippen molar-refractivity contribution in [1.82, 2.24) is 0 Å². The number of nitrogens with zero attached hydrogens (tertiary/aromatic N) is 1. The lowest BCUT2D eigenvalue weighted by Crippen LogP contribution is -1.86. The van der Waals surface area contributed by atoms with Crippen molar-refractivity contribution in [2.24, 2.45) is 0 Å². The van der Waals surface area contributed by atoms with Crippen LogP contribution in [0.3, 0.4) is 0 Å². The van der Waals surface area contributed by atoms with E-state index in [0.29, 0.717) is 6.42 Å². The first-order valence-corrected chi connectivity index (χ1v) is 7.05. The number of aryl methyl sites for hydroxylation is 1. The molecule has 0 spiro atoms. The van der Waals surface area contributed by atoms with Crippen LogP contribution >= 0.6 is 0 Å². The van der Waals surface area contributed by atoms with Gasteiger partial charge in [-0.1, -0.05) is 24.0 Å². The van der Waals surface area contributed by atoms with Gasteiger partial charge in [0.1, 0.15) is 5.75 Å². The molecule has 2 heteroatoms. The molecule has 0 amide bonds. The Balaban J connectivity index is 2.01. The maximum atomic E-state index is 9.23. The van der Waals surface area contributed by atoms with E-state index in [2.05, 4.69) is 30.0 Å². The van der Waals surface area contributed by atoms with Gasteiger partial charge in [0.15, 0.2) is 0 Å². The summed E-state index contributed by atoms with van der Waals surface area (Å²) in [4.78, 5) is 0. The Morgan fingerprint density at radius 1 is 0.905 bits per heavy atom. The first kappa shape index (κ1) is 14.7. The molecular formula is C19H17NO. The molecule has 0 radical (unpaired) electrons. The fourth-order valence-electron chi connectivity index (χ4n) is 2.03. The largest absolute Gasteiger partial charge is 0.508 e. The molecule has 0 saturated carbocycles. The second-order valence-corrected chi connectivity index (χ2v) is 4.86. The summed E-state index contributed by atoms with van der Waals surface area (Å²) >= 11 is 0. The highest BCUT2D eigenvalue weighted by Crippen LogP contribution is 2.11. The Morgan fingerprint density at radius 3 is 2.43 bits per heavy atom. The predicted octanol–water partition coefficient (Wildman–Crippen LogP) is 4.03. The van der Waals surface area contributed by atoms with Crippen LogP contribution in [-0.2, 0) is 6.42 Å². The molecule has 0 heterocycles. The van der Waals surface area contributed by atoms with Crippen LogP contribution in [0, 0.1) is 23.2 Å². The molecular weight excluding hydrogens is 258 g/mol. The zero-order chi connectivity index (χ0) is 14.9. The summed E-state index contributed by atoms with van der Waals surface area (Å²) in [6, 6.07) is 17.2. The van der Waals surface area contributed by atoms with E-state index >= 15 is 0 Å². The zero-order valence-corrected chi connectivity index (χ0v) is 11.8. The van der Waals surface area contributed by atoms with Gasteiger partial charge in [-0.2, -0.15) is 5.26 Å². The molecule has 21 heavy (non-hydrogen) atoms. The van der Waals surface area contributed by atoms with Gasteiger partial charge >= 0.3 is 0 Å². The van der Waals surface area contributed by atoms with Crippen molar-refractivity contribution in [3.63, 3.8) is 0 Å². The molecule has 2 aromatic rings. The first-order valence-electron chi connectivity index (χ1n) is 7.05. The summed E-state index contributed by atoms with van der Waals surface area (Å²) in [5.74, 6) is 6.48. The second kappa shape index (κ2) is 7.78. The van der Waals surface area contributed by atoms with Crippen molar-refractivity contribution in [2.45, 2.75) is 25.7 Å². The van der Waals surface area contributed by atoms with Crippen LogP contribution in [0.25, 0.3) is 0 Å². The van der Waals surface area contributed by atoms with Crippen molar-refractivity contribution < 1.29 is 5.11 Å². The molecule has 0 aromatic heterocycles. The summed E-state index contributed by atoms with van der Waals surface area (Å²) in [5, 5.41) is 17.7. The van der Waals surface area contributed by atoms with Crippen LogP contribution in [0.5, 0.6) is 5.75 Å². The minimum Gasteiger partial charge on any atom is -0.508 e. The van der Waals surface area contributed by atoms with E-state index in [9.17, 15) is 5.11 Å². The Morgan fingerprint density at radius 2 is 1.67 bits per heavy atom. The lowest BCUT2D eigenvalue weighted by Gasteiger charge is -2.00. The number of rotatable bonds is 4. The van der Waals surface area contributed by atoms with E-state index in [0.717, 1.165) is 30.4 Å². The maximum absolute atomic E-state index is 9.23. The SMILES string of the molecule is N#CCCCCc1cccc(C#Cc2ccc(O)cc2)c1. The molecule has 2 aromatic carbocycles. The Labute approximate surface area is 125 Å². The molecule has 0 fully saturated rings. The van der Waals surface area contributed by atoms with Gasteiger partial charge in [0.25, 0.3) is 0 Å². The topological polar surface area (TPSA) is 44.0 Å². The van der Waals surface area contributed by atoms with E-state index in [1.807, 2.05) is 12.1 Å². The number of phenolic OH excluding ortho intramolecular Hbond substituents is 1. The number of hydrogen-bond acceptors (Lipinski definition) is 2. The highest BCUT2D eigenvalue weighted by Gasteiger charge is 1.95. The quantitative estimate of drug-likeness (QED) is 0.676. The zero-order valence-electron chi connectivity index (χ0n) is 11.8. The van der Waals surface area contributed by atoms with Gasteiger partial charge in [-0.25, -0.2) is 0 Å². The predicted molar refractivity (Wildman–Crippen MR) is 83.7 cm³/mol. The maximum Gasteiger partial charge on any atom is 0.115 e. The van der Waals surface area contributed by atoms with E-state index in [-0.39, 0.29) is 5.75 Å². The van der Waals surface area contributed by atoms with E-state index in [1.165, 1.54) is 5.56 Å². The number of aromatic hydroxyl groups is 1. The highest BCUT2D eigenvalue weighted by molar-refractivity contribution is 5.45. The smallest absolute Gasteiger partial charge is 0.115 e. The van der Waals surface area contributed by atoms with Crippen molar-refractivity contribution in [2.75, 3.05) is 0 Å². The van der Waals surface area contributed by atoms with Gasteiger partial charge in [0, 0.05) is 17.5 Å².